The van der Waals surface area contributed by atoms with E-state index in [1.807, 2.05) is 6.92 Å². The van der Waals surface area contributed by atoms with Gasteiger partial charge < -0.3 is 19.1 Å². The molecule has 2 aromatic carbocycles. The molecule has 0 unspecified atom stereocenters. The van der Waals surface area contributed by atoms with Gasteiger partial charge in [0, 0.05) is 19.7 Å². The fraction of sp³-hybridized carbons (Fsp3) is 0.273. The highest BCUT2D eigenvalue weighted by Gasteiger charge is 2.10. The highest BCUT2D eigenvalue weighted by Crippen LogP contribution is 2.29. The molecular formula is C22H25NO5. The SMILES string of the molecule is CCOc1cc(/C=C/C(=O)c2cccc(OC)c2)ccc1OCC(=O)N(C)C. The first-order valence-corrected chi connectivity index (χ1v) is 8.90. The Morgan fingerprint density at radius 2 is 1.82 bits per heavy atom. The Kier molecular flexibility index (Phi) is 7.63. The summed E-state index contributed by atoms with van der Waals surface area (Å²) in [5.74, 6) is 1.36. The van der Waals surface area contributed by atoms with E-state index in [0.717, 1.165) is 5.56 Å². The maximum atomic E-state index is 12.4. The molecular weight excluding hydrogens is 358 g/mol. The number of allylic oxidation sites excluding steroid dienone is 1. The molecule has 0 atom stereocenters. The molecule has 0 heterocycles. The Labute approximate surface area is 165 Å². The zero-order valence-electron chi connectivity index (χ0n) is 16.6. The van der Waals surface area contributed by atoms with Crippen LogP contribution in [0, 0.1) is 0 Å². The van der Waals surface area contributed by atoms with Crippen molar-refractivity contribution in [2.75, 3.05) is 34.4 Å². The van der Waals surface area contributed by atoms with Crippen molar-refractivity contribution < 1.29 is 23.8 Å². The van der Waals surface area contributed by atoms with Crippen LogP contribution in [0.5, 0.6) is 17.2 Å². The summed E-state index contributed by atoms with van der Waals surface area (Å²) >= 11 is 0. The molecule has 1 amide bonds. The molecule has 0 aliphatic carbocycles. The second-order valence-corrected chi connectivity index (χ2v) is 6.15. The van der Waals surface area contributed by atoms with Crippen molar-refractivity contribution in [2.24, 2.45) is 0 Å². The molecule has 2 rings (SSSR count). The number of ether oxygens (including phenoxy) is 3. The molecule has 0 fully saturated rings. The normalized spacial score (nSPS) is 10.6. The average molecular weight is 383 g/mol. The van der Waals surface area contributed by atoms with Crippen LogP contribution in [0.25, 0.3) is 6.08 Å². The summed E-state index contributed by atoms with van der Waals surface area (Å²) in [6.07, 6.45) is 3.20. The molecule has 0 aromatic heterocycles. The maximum Gasteiger partial charge on any atom is 0.259 e. The first kappa shape index (κ1) is 21.0. The van der Waals surface area contributed by atoms with E-state index in [4.69, 9.17) is 14.2 Å². The minimum absolute atomic E-state index is 0.0728. The fourth-order valence-corrected chi connectivity index (χ4v) is 2.33. The Bertz CT molecular complexity index is 858. The molecule has 0 spiro atoms. The van der Waals surface area contributed by atoms with Crippen molar-refractivity contribution in [1.82, 2.24) is 4.90 Å². The van der Waals surface area contributed by atoms with Crippen molar-refractivity contribution in [3.8, 4) is 17.2 Å². The number of carbonyl (C=O) groups is 2. The van der Waals surface area contributed by atoms with Crippen LogP contribution in [-0.2, 0) is 4.79 Å². The van der Waals surface area contributed by atoms with Gasteiger partial charge in [-0.15, -0.1) is 0 Å². The zero-order valence-corrected chi connectivity index (χ0v) is 16.6. The number of rotatable bonds is 9. The standard InChI is InChI=1S/C22H25NO5/c1-5-27-21-13-16(10-12-20(21)28-15-22(25)23(2)3)9-11-19(24)17-7-6-8-18(14-17)26-4/h6-14H,5,15H2,1-4H3/b11-9+. The molecule has 28 heavy (non-hydrogen) atoms. The lowest BCUT2D eigenvalue weighted by atomic mass is 10.1. The number of amides is 1. The van der Waals surface area contributed by atoms with E-state index >= 15 is 0 Å². The fourth-order valence-electron chi connectivity index (χ4n) is 2.33. The molecule has 148 valence electrons. The number of ketones is 1. The quantitative estimate of drug-likeness (QED) is 0.490. The second kappa shape index (κ2) is 10.2. The lowest BCUT2D eigenvalue weighted by molar-refractivity contribution is -0.130. The van der Waals surface area contributed by atoms with Crippen LogP contribution in [0.3, 0.4) is 0 Å². The van der Waals surface area contributed by atoms with Crippen LogP contribution in [0.2, 0.25) is 0 Å². The third kappa shape index (κ3) is 5.87. The van der Waals surface area contributed by atoms with Gasteiger partial charge in [0.15, 0.2) is 23.9 Å². The smallest absolute Gasteiger partial charge is 0.259 e. The summed E-state index contributed by atoms with van der Waals surface area (Å²) < 4.78 is 16.3. The van der Waals surface area contributed by atoms with Gasteiger partial charge in [0.1, 0.15) is 5.75 Å². The predicted octanol–water partition coefficient (Wildman–Crippen LogP) is 3.46. The third-order valence-electron chi connectivity index (χ3n) is 3.90. The summed E-state index contributed by atoms with van der Waals surface area (Å²) in [4.78, 5) is 25.5. The van der Waals surface area contributed by atoms with Crippen LogP contribution in [0.1, 0.15) is 22.8 Å². The van der Waals surface area contributed by atoms with Gasteiger partial charge >= 0.3 is 0 Å². The summed E-state index contributed by atoms with van der Waals surface area (Å²) in [6, 6.07) is 12.3. The Morgan fingerprint density at radius 1 is 1.04 bits per heavy atom. The van der Waals surface area contributed by atoms with Crippen molar-refractivity contribution in [1.29, 1.82) is 0 Å². The maximum absolute atomic E-state index is 12.4. The zero-order chi connectivity index (χ0) is 20.5. The monoisotopic (exact) mass is 383 g/mol. The molecule has 6 heteroatoms. The molecule has 0 saturated carbocycles. The summed E-state index contributed by atoms with van der Waals surface area (Å²) in [7, 11) is 4.90. The van der Waals surface area contributed by atoms with Gasteiger partial charge in [-0.2, -0.15) is 0 Å². The van der Waals surface area contributed by atoms with E-state index in [9.17, 15) is 9.59 Å². The lowest BCUT2D eigenvalue weighted by Crippen LogP contribution is -2.27. The number of carbonyl (C=O) groups excluding carboxylic acids is 2. The first-order valence-electron chi connectivity index (χ1n) is 8.90. The van der Waals surface area contributed by atoms with Gasteiger partial charge in [-0.05, 0) is 42.8 Å². The topological polar surface area (TPSA) is 65.1 Å². The Balaban J connectivity index is 2.14. The molecule has 0 saturated heterocycles. The molecule has 0 aliphatic heterocycles. The molecule has 0 bridgehead atoms. The van der Waals surface area contributed by atoms with Gasteiger partial charge in [-0.3, -0.25) is 9.59 Å². The van der Waals surface area contributed by atoms with E-state index < -0.39 is 0 Å². The van der Waals surface area contributed by atoms with Crippen LogP contribution in [0.4, 0.5) is 0 Å². The number of hydrogen-bond donors (Lipinski definition) is 0. The summed E-state index contributed by atoms with van der Waals surface area (Å²) in [5.41, 5.74) is 1.33. The van der Waals surface area contributed by atoms with Crippen molar-refractivity contribution in [2.45, 2.75) is 6.92 Å². The number of nitrogens with zero attached hydrogens (tertiary/aromatic N) is 1. The van der Waals surface area contributed by atoms with Crippen molar-refractivity contribution in [3.63, 3.8) is 0 Å². The Hall–Kier alpha value is -3.28. The Morgan fingerprint density at radius 3 is 2.50 bits per heavy atom. The molecule has 0 aliphatic rings. The van der Waals surface area contributed by atoms with Gasteiger partial charge in [0.25, 0.3) is 5.91 Å². The largest absolute Gasteiger partial charge is 0.497 e. The van der Waals surface area contributed by atoms with E-state index in [1.165, 1.54) is 11.0 Å². The highest BCUT2D eigenvalue weighted by molar-refractivity contribution is 6.07. The number of likely N-dealkylation sites (N-methyl/N-ethyl adjacent to an activating group) is 1. The predicted molar refractivity (Wildman–Crippen MR) is 108 cm³/mol. The van der Waals surface area contributed by atoms with Gasteiger partial charge in [-0.1, -0.05) is 24.3 Å². The van der Waals surface area contributed by atoms with Gasteiger partial charge in [0.05, 0.1) is 13.7 Å². The van der Waals surface area contributed by atoms with E-state index in [1.54, 1.807) is 69.7 Å². The lowest BCUT2D eigenvalue weighted by Gasteiger charge is -2.14. The number of hydrogen-bond acceptors (Lipinski definition) is 5. The number of benzene rings is 2. The summed E-state index contributed by atoms with van der Waals surface area (Å²) in [6.45, 7) is 2.24. The summed E-state index contributed by atoms with van der Waals surface area (Å²) in [5, 5.41) is 0. The van der Waals surface area contributed by atoms with Crippen LogP contribution < -0.4 is 14.2 Å². The van der Waals surface area contributed by atoms with Gasteiger partial charge in [-0.25, -0.2) is 0 Å². The third-order valence-corrected chi connectivity index (χ3v) is 3.90. The molecule has 2 aromatic rings. The number of methoxy groups -OCH3 is 1. The van der Waals surface area contributed by atoms with Crippen LogP contribution in [-0.4, -0.2) is 51.0 Å². The molecule has 0 radical (unpaired) electrons. The van der Waals surface area contributed by atoms with E-state index in [0.29, 0.717) is 29.4 Å². The minimum Gasteiger partial charge on any atom is -0.497 e. The second-order valence-electron chi connectivity index (χ2n) is 6.15. The van der Waals surface area contributed by atoms with E-state index in [-0.39, 0.29) is 18.3 Å². The van der Waals surface area contributed by atoms with Crippen molar-refractivity contribution >= 4 is 17.8 Å². The highest BCUT2D eigenvalue weighted by atomic mass is 16.5. The average Bonchev–Trinajstić information content (AvgIpc) is 2.71. The first-order chi connectivity index (χ1) is 13.4. The van der Waals surface area contributed by atoms with E-state index in [2.05, 4.69) is 0 Å². The van der Waals surface area contributed by atoms with Gasteiger partial charge in [0.2, 0.25) is 0 Å². The van der Waals surface area contributed by atoms with Crippen LogP contribution >= 0.6 is 0 Å². The molecule has 0 N–H and O–H groups in total. The van der Waals surface area contributed by atoms with Crippen molar-refractivity contribution in [3.05, 3.63) is 59.7 Å². The minimum atomic E-state index is -0.143. The molecule has 6 nitrogen and oxygen atoms in total. The van der Waals surface area contributed by atoms with Crippen LogP contribution in [0.15, 0.2) is 48.5 Å².